The van der Waals surface area contributed by atoms with Crippen LogP contribution in [0.5, 0.6) is 0 Å². The maximum Gasteiger partial charge on any atom is 0.317 e. The first-order chi connectivity index (χ1) is 11.1. The van der Waals surface area contributed by atoms with E-state index < -0.39 is 0 Å². The Hall–Kier alpha value is -1.30. The summed E-state index contributed by atoms with van der Waals surface area (Å²) in [5.41, 5.74) is 0.763. The number of piperidine rings is 1. The summed E-state index contributed by atoms with van der Waals surface area (Å²) in [6, 6.07) is 7.33. The van der Waals surface area contributed by atoms with E-state index in [2.05, 4.69) is 5.32 Å². The van der Waals surface area contributed by atoms with Gasteiger partial charge in [0, 0.05) is 43.8 Å². The quantitative estimate of drug-likeness (QED) is 0.837. The van der Waals surface area contributed by atoms with E-state index in [0.29, 0.717) is 24.7 Å². The van der Waals surface area contributed by atoms with Gasteiger partial charge in [-0.3, -0.25) is 0 Å². The molecule has 1 fully saturated rings. The third kappa shape index (κ3) is 5.09. The van der Waals surface area contributed by atoms with Crippen molar-refractivity contribution in [2.75, 3.05) is 33.4 Å². The third-order valence-electron chi connectivity index (χ3n) is 4.48. The molecule has 1 aromatic rings. The van der Waals surface area contributed by atoms with Crippen molar-refractivity contribution in [3.63, 3.8) is 0 Å². The number of amides is 2. The molecule has 1 aliphatic rings. The van der Waals surface area contributed by atoms with Crippen molar-refractivity contribution in [2.45, 2.75) is 25.8 Å². The van der Waals surface area contributed by atoms with Crippen molar-refractivity contribution < 1.29 is 14.6 Å². The number of benzene rings is 1. The highest BCUT2D eigenvalue weighted by atomic mass is 35.5. The first-order valence-corrected chi connectivity index (χ1v) is 8.33. The molecular weight excluding hydrogens is 316 g/mol. The van der Waals surface area contributed by atoms with Crippen LogP contribution in [-0.4, -0.2) is 49.5 Å². The number of urea groups is 1. The van der Waals surface area contributed by atoms with E-state index in [9.17, 15) is 9.90 Å². The molecule has 2 rings (SSSR count). The van der Waals surface area contributed by atoms with E-state index in [1.807, 2.05) is 24.3 Å². The fraction of sp³-hybridized carbons (Fsp3) is 0.588. The van der Waals surface area contributed by atoms with Gasteiger partial charge in [0.1, 0.15) is 0 Å². The number of aliphatic hydroxyl groups is 1. The smallest absolute Gasteiger partial charge is 0.317 e. The summed E-state index contributed by atoms with van der Waals surface area (Å²) in [6.45, 7) is 2.44. The summed E-state index contributed by atoms with van der Waals surface area (Å²) in [7, 11) is 1.66. The van der Waals surface area contributed by atoms with Gasteiger partial charge in [-0.15, -0.1) is 0 Å². The number of hydrogen-bond donors (Lipinski definition) is 2. The number of ether oxygens (including phenoxy) is 1. The average Bonchev–Trinajstić information content (AvgIpc) is 2.59. The lowest BCUT2D eigenvalue weighted by Crippen LogP contribution is -2.51. The minimum atomic E-state index is -0.244. The average molecular weight is 341 g/mol. The van der Waals surface area contributed by atoms with Gasteiger partial charge in [-0.05, 0) is 37.0 Å². The van der Waals surface area contributed by atoms with Gasteiger partial charge in [-0.1, -0.05) is 23.7 Å². The van der Waals surface area contributed by atoms with Gasteiger partial charge in [0.15, 0.2) is 0 Å². The number of nitrogens with zero attached hydrogens (tertiary/aromatic N) is 1. The molecule has 0 radical (unpaired) electrons. The summed E-state index contributed by atoms with van der Waals surface area (Å²) in [5.74, 6) is 0. The van der Waals surface area contributed by atoms with Crippen LogP contribution in [0.4, 0.5) is 4.79 Å². The molecule has 0 spiro atoms. The molecule has 1 aliphatic heterocycles. The predicted molar refractivity (Wildman–Crippen MR) is 90.5 cm³/mol. The summed E-state index contributed by atoms with van der Waals surface area (Å²) >= 11 is 5.86. The molecule has 1 aromatic carbocycles. The number of likely N-dealkylation sites (tertiary alicyclic amines) is 1. The molecule has 0 unspecified atom stereocenters. The van der Waals surface area contributed by atoms with E-state index in [-0.39, 0.29) is 18.1 Å². The Morgan fingerprint density at radius 3 is 2.83 bits per heavy atom. The van der Waals surface area contributed by atoms with Crippen LogP contribution in [-0.2, 0) is 11.3 Å². The number of methoxy groups -OCH3 is 1. The van der Waals surface area contributed by atoms with E-state index in [1.165, 1.54) is 0 Å². The van der Waals surface area contributed by atoms with Crippen molar-refractivity contribution in [3.8, 4) is 0 Å². The zero-order valence-electron chi connectivity index (χ0n) is 13.6. The molecule has 0 saturated carbocycles. The molecule has 1 atom stereocenters. The van der Waals surface area contributed by atoms with E-state index in [1.54, 1.807) is 12.0 Å². The summed E-state index contributed by atoms with van der Waals surface area (Å²) in [6.07, 6.45) is 2.59. The lowest BCUT2D eigenvalue weighted by Gasteiger charge is -2.41. The molecular formula is C17H25ClN2O3. The highest BCUT2D eigenvalue weighted by Crippen LogP contribution is 2.33. The van der Waals surface area contributed by atoms with Crippen molar-refractivity contribution >= 4 is 17.6 Å². The summed E-state index contributed by atoms with van der Waals surface area (Å²) in [5, 5.41) is 13.4. The number of carbonyl (C=O) groups is 1. The molecule has 0 bridgehead atoms. The van der Waals surface area contributed by atoms with Gasteiger partial charge in [-0.2, -0.15) is 0 Å². The second-order valence-electron chi connectivity index (χ2n) is 6.21. The highest BCUT2D eigenvalue weighted by molar-refractivity contribution is 6.30. The Labute approximate surface area is 142 Å². The van der Waals surface area contributed by atoms with Crippen LogP contribution in [0.15, 0.2) is 24.3 Å². The molecule has 2 amide bonds. The van der Waals surface area contributed by atoms with Crippen molar-refractivity contribution in [1.82, 2.24) is 10.2 Å². The lowest BCUT2D eigenvalue weighted by molar-refractivity contribution is 0.0200. The zero-order valence-corrected chi connectivity index (χ0v) is 14.3. The zero-order chi connectivity index (χ0) is 16.7. The minimum absolute atomic E-state index is 0.0807. The van der Waals surface area contributed by atoms with Crippen molar-refractivity contribution in [3.05, 3.63) is 34.9 Å². The van der Waals surface area contributed by atoms with Gasteiger partial charge < -0.3 is 20.1 Å². The summed E-state index contributed by atoms with van der Waals surface area (Å²) < 4.78 is 5.14. The number of hydrogen-bond acceptors (Lipinski definition) is 3. The molecule has 0 aliphatic carbocycles. The van der Waals surface area contributed by atoms with Gasteiger partial charge in [0.25, 0.3) is 0 Å². The number of rotatable bonds is 6. The van der Waals surface area contributed by atoms with E-state index in [0.717, 1.165) is 31.4 Å². The van der Waals surface area contributed by atoms with Crippen LogP contribution in [0.2, 0.25) is 5.02 Å². The van der Waals surface area contributed by atoms with Crippen LogP contribution in [0.25, 0.3) is 0 Å². The fourth-order valence-electron chi connectivity index (χ4n) is 3.00. The molecule has 1 heterocycles. The van der Waals surface area contributed by atoms with E-state index in [4.69, 9.17) is 16.3 Å². The molecule has 2 N–H and O–H groups in total. The Morgan fingerprint density at radius 1 is 1.43 bits per heavy atom. The van der Waals surface area contributed by atoms with Crippen LogP contribution < -0.4 is 5.32 Å². The number of nitrogens with one attached hydrogen (secondary N) is 1. The van der Waals surface area contributed by atoms with Gasteiger partial charge in [0.05, 0.1) is 6.61 Å². The number of carbonyl (C=O) groups excluding carboxylic acids is 1. The Bertz CT molecular complexity index is 509. The maximum absolute atomic E-state index is 12.4. The Balaban J connectivity index is 1.89. The fourth-order valence-corrected chi connectivity index (χ4v) is 3.13. The number of halogens is 1. The van der Waals surface area contributed by atoms with Crippen LogP contribution in [0.1, 0.15) is 24.8 Å². The summed E-state index contributed by atoms with van der Waals surface area (Å²) in [4.78, 5) is 14.2. The molecule has 1 saturated heterocycles. The Kier molecular flexibility index (Phi) is 6.69. The lowest BCUT2D eigenvalue weighted by atomic mass is 9.78. The van der Waals surface area contributed by atoms with E-state index >= 15 is 0 Å². The topological polar surface area (TPSA) is 61.8 Å². The van der Waals surface area contributed by atoms with Crippen molar-refractivity contribution in [2.24, 2.45) is 5.41 Å². The largest absolute Gasteiger partial charge is 0.396 e. The maximum atomic E-state index is 12.4. The molecule has 5 nitrogen and oxygen atoms in total. The second kappa shape index (κ2) is 8.52. The van der Waals surface area contributed by atoms with Crippen LogP contribution in [0, 0.1) is 5.41 Å². The van der Waals surface area contributed by atoms with Gasteiger partial charge >= 0.3 is 6.03 Å². The standard InChI is InChI=1S/C17H25ClN2O3/c1-23-10-8-17(13-21)7-2-9-20(12-17)16(22)19-11-14-3-5-15(18)6-4-14/h3-6,21H,2,7-13H2,1H3,(H,19,22)/t17-/m0/s1. The normalized spacial score (nSPS) is 21.3. The minimum Gasteiger partial charge on any atom is -0.396 e. The highest BCUT2D eigenvalue weighted by Gasteiger charge is 2.36. The molecule has 128 valence electrons. The predicted octanol–water partition coefficient (Wildman–Crippen LogP) is 2.66. The third-order valence-corrected chi connectivity index (χ3v) is 4.73. The van der Waals surface area contributed by atoms with Crippen LogP contribution >= 0.6 is 11.6 Å². The first kappa shape index (κ1) is 18.0. The SMILES string of the molecule is COCC[C@@]1(CO)CCCN(C(=O)NCc2ccc(Cl)cc2)C1. The number of aliphatic hydroxyl groups excluding tert-OH is 1. The Morgan fingerprint density at radius 2 is 2.17 bits per heavy atom. The second-order valence-corrected chi connectivity index (χ2v) is 6.65. The molecule has 0 aromatic heterocycles. The molecule has 6 heteroatoms. The molecule has 23 heavy (non-hydrogen) atoms. The monoisotopic (exact) mass is 340 g/mol. The van der Waals surface area contributed by atoms with Crippen molar-refractivity contribution in [1.29, 1.82) is 0 Å². The van der Waals surface area contributed by atoms with Gasteiger partial charge in [0.2, 0.25) is 0 Å². The van der Waals surface area contributed by atoms with Crippen LogP contribution in [0.3, 0.4) is 0 Å². The van der Waals surface area contributed by atoms with Gasteiger partial charge in [-0.25, -0.2) is 4.79 Å². The first-order valence-electron chi connectivity index (χ1n) is 7.96.